The first-order chi connectivity index (χ1) is 11.5. The second-order valence-electron chi connectivity index (χ2n) is 5.08. The summed E-state index contributed by atoms with van der Waals surface area (Å²) in [5, 5.41) is 0. The van der Waals surface area contributed by atoms with Gasteiger partial charge in [0.05, 0.1) is 17.1 Å². The van der Waals surface area contributed by atoms with Crippen LogP contribution in [0.5, 0.6) is 11.5 Å². The van der Waals surface area contributed by atoms with Crippen LogP contribution in [0.2, 0.25) is 0 Å². The highest BCUT2D eigenvalue weighted by atomic mass is 79.9. The van der Waals surface area contributed by atoms with Gasteiger partial charge in [0, 0.05) is 10.5 Å². The average molecular weight is 410 g/mol. The molecule has 0 saturated heterocycles. The van der Waals surface area contributed by atoms with Gasteiger partial charge in [0.15, 0.2) is 11.5 Å². The predicted octanol–water partition coefficient (Wildman–Crippen LogP) is 3.60. The van der Waals surface area contributed by atoms with E-state index in [4.69, 9.17) is 9.47 Å². The lowest BCUT2D eigenvalue weighted by atomic mass is 10.3. The third-order valence-corrected chi connectivity index (χ3v) is 5.96. The minimum atomic E-state index is -3.78. The van der Waals surface area contributed by atoms with Crippen LogP contribution in [0.3, 0.4) is 0 Å². The minimum Gasteiger partial charge on any atom is -0.486 e. The third-order valence-electron chi connectivity index (χ3n) is 3.52. The molecule has 0 saturated carbocycles. The fraction of sp³-hybridized carbons (Fsp3) is 0.176. The van der Waals surface area contributed by atoms with Crippen molar-refractivity contribution >= 4 is 31.6 Å². The van der Waals surface area contributed by atoms with Crippen molar-refractivity contribution in [3.63, 3.8) is 0 Å². The van der Waals surface area contributed by atoms with Crippen LogP contribution in [0.25, 0.3) is 0 Å². The number of benzene rings is 2. The number of nitrogens with zero attached hydrogens (tertiary/aromatic N) is 1. The van der Waals surface area contributed by atoms with Gasteiger partial charge < -0.3 is 9.47 Å². The summed E-state index contributed by atoms with van der Waals surface area (Å²) in [5.41, 5.74) is 0.548. The van der Waals surface area contributed by atoms with E-state index < -0.39 is 10.0 Å². The molecule has 0 aromatic heterocycles. The quantitative estimate of drug-likeness (QED) is 0.707. The van der Waals surface area contributed by atoms with E-state index in [0.717, 1.165) is 0 Å². The molecule has 1 heterocycles. The highest BCUT2D eigenvalue weighted by molar-refractivity contribution is 9.10. The second-order valence-corrected chi connectivity index (χ2v) is 7.80. The first-order valence-corrected chi connectivity index (χ1v) is 9.55. The van der Waals surface area contributed by atoms with E-state index in [0.29, 0.717) is 34.9 Å². The molecule has 0 radical (unpaired) electrons. The van der Waals surface area contributed by atoms with E-state index in [9.17, 15) is 8.42 Å². The van der Waals surface area contributed by atoms with Gasteiger partial charge in [-0.3, -0.25) is 4.31 Å². The van der Waals surface area contributed by atoms with E-state index >= 15 is 0 Å². The fourth-order valence-electron chi connectivity index (χ4n) is 2.41. The number of sulfonamides is 1. The lowest BCUT2D eigenvalue weighted by molar-refractivity contribution is 0.171. The first kappa shape index (κ1) is 16.9. The zero-order valence-corrected chi connectivity index (χ0v) is 15.2. The second kappa shape index (κ2) is 6.86. The van der Waals surface area contributed by atoms with Gasteiger partial charge in [-0.05, 0) is 40.2 Å². The summed E-state index contributed by atoms with van der Waals surface area (Å²) in [6.07, 6.45) is 1.55. The summed E-state index contributed by atoms with van der Waals surface area (Å²) in [5.74, 6) is 0.990. The van der Waals surface area contributed by atoms with E-state index in [-0.39, 0.29) is 11.4 Å². The molecule has 126 valence electrons. The van der Waals surface area contributed by atoms with Crippen molar-refractivity contribution in [2.45, 2.75) is 4.90 Å². The normalized spacial score (nSPS) is 13.4. The molecule has 24 heavy (non-hydrogen) atoms. The molecule has 0 bridgehead atoms. The molecular formula is C17H16BrNO4S. The van der Waals surface area contributed by atoms with Crippen molar-refractivity contribution < 1.29 is 17.9 Å². The molecular weight excluding hydrogens is 394 g/mol. The van der Waals surface area contributed by atoms with Crippen molar-refractivity contribution in [3.05, 3.63) is 59.6 Å². The maximum atomic E-state index is 13.1. The monoisotopic (exact) mass is 409 g/mol. The zero-order chi connectivity index (χ0) is 17.2. The van der Waals surface area contributed by atoms with E-state index in [2.05, 4.69) is 22.5 Å². The maximum absolute atomic E-state index is 13.1. The van der Waals surface area contributed by atoms with Gasteiger partial charge in [-0.25, -0.2) is 8.42 Å². The number of rotatable bonds is 5. The number of hydrogen-bond acceptors (Lipinski definition) is 4. The summed E-state index contributed by atoms with van der Waals surface area (Å²) in [7, 11) is -3.78. The molecule has 0 atom stereocenters. The SMILES string of the molecule is C=CCN(c1ccccc1Br)S(=O)(=O)c1ccc2c(c1)OCCO2. The summed E-state index contributed by atoms with van der Waals surface area (Å²) in [6, 6.07) is 11.8. The Morgan fingerprint density at radius 2 is 1.83 bits per heavy atom. The van der Waals surface area contributed by atoms with E-state index in [1.54, 1.807) is 30.3 Å². The molecule has 1 aliphatic heterocycles. The summed E-state index contributed by atoms with van der Waals surface area (Å²) >= 11 is 3.41. The van der Waals surface area contributed by atoms with Crippen molar-refractivity contribution in [2.75, 3.05) is 24.1 Å². The lowest BCUT2D eigenvalue weighted by Gasteiger charge is -2.25. The number of fused-ring (bicyclic) bond motifs is 1. The van der Waals surface area contributed by atoms with Crippen LogP contribution < -0.4 is 13.8 Å². The molecule has 7 heteroatoms. The molecule has 0 N–H and O–H groups in total. The number of anilines is 1. The van der Waals surface area contributed by atoms with Gasteiger partial charge in [0.2, 0.25) is 0 Å². The highest BCUT2D eigenvalue weighted by Crippen LogP contribution is 2.35. The van der Waals surface area contributed by atoms with Crippen molar-refractivity contribution in [1.29, 1.82) is 0 Å². The molecule has 0 fully saturated rings. The average Bonchev–Trinajstić information content (AvgIpc) is 2.60. The fourth-order valence-corrected chi connectivity index (χ4v) is 4.50. The van der Waals surface area contributed by atoms with Crippen LogP contribution in [-0.4, -0.2) is 28.2 Å². The smallest absolute Gasteiger partial charge is 0.264 e. The number of hydrogen-bond donors (Lipinski definition) is 0. The van der Waals surface area contributed by atoms with E-state index in [1.807, 2.05) is 6.07 Å². The molecule has 0 aliphatic carbocycles. The molecule has 0 spiro atoms. The standard InChI is InChI=1S/C17H16BrNO4S/c1-2-9-19(15-6-4-3-5-14(15)18)24(20,21)13-7-8-16-17(12-13)23-11-10-22-16/h2-8,12H,1,9-11H2. The summed E-state index contributed by atoms with van der Waals surface area (Å²) in [4.78, 5) is 0.143. The van der Waals surface area contributed by atoms with E-state index in [1.165, 1.54) is 16.4 Å². The Hall–Kier alpha value is -1.99. The van der Waals surface area contributed by atoms with Crippen molar-refractivity contribution in [2.24, 2.45) is 0 Å². The number of ether oxygens (including phenoxy) is 2. The van der Waals surface area contributed by atoms with Crippen molar-refractivity contribution in [1.82, 2.24) is 0 Å². The topological polar surface area (TPSA) is 55.8 Å². The molecule has 0 unspecified atom stereocenters. The van der Waals surface area contributed by atoms with Gasteiger partial charge in [-0.2, -0.15) is 0 Å². The van der Waals surface area contributed by atoms with Crippen molar-refractivity contribution in [3.8, 4) is 11.5 Å². The van der Waals surface area contributed by atoms with Crippen LogP contribution in [-0.2, 0) is 10.0 Å². The largest absolute Gasteiger partial charge is 0.486 e. The Kier molecular flexibility index (Phi) is 4.82. The minimum absolute atomic E-state index is 0.143. The summed E-state index contributed by atoms with van der Waals surface area (Å²) < 4.78 is 39.2. The number of halogens is 1. The Bertz CT molecular complexity index is 867. The van der Waals surface area contributed by atoms with Crippen LogP contribution in [0.4, 0.5) is 5.69 Å². The Labute approximate surface area is 149 Å². The van der Waals surface area contributed by atoms with Gasteiger partial charge >= 0.3 is 0 Å². The Morgan fingerprint density at radius 3 is 2.54 bits per heavy atom. The molecule has 2 aromatic carbocycles. The molecule has 1 aliphatic rings. The Morgan fingerprint density at radius 1 is 1.12 bits per heavy atom. The third kappa shape index (κ3) is 3.14. The zero-order valence-electron chi connectivity index (χ0n) is 12.8. The van der Waals surface area contributed by atoms with Crippen LogP contribution in [0.15, 0.2) is 64.5 Å². The molecule has 3 rings (SSSR count). The van der Waals surface area contributed by atoms with Gasteiger partial charge in [-0.1, -0.05) is 18.2 Å². The summed E-state index contributed by atoms with van der Waals surface area (Å²) in [6.45, 7) is 4.68. The molecule has 2 aromatic rings. The highest BCUT2D eigenvalue weighted by Gasteiger charge is 2.27. The molecule has 5 nitrogen and oxygen atoms in total. The van der Waals surface area contributed by atoms with Crippen LogP contribution in [0.1, 0.15) is 0 Å². The van der Waals surface area contributed by atoms with Gasteiger partial charge in [0.1, 0.15) is 13.2 Å². The van der Waals surface area contributed by atoms with Crippen LogP contribution >= 0.6 is 15.9 Å². The van der Waals surface area contributed by atoms with Gasteiger partial charge in [0.25, 0.3) is 10.0 Å². The lowest BCUT2D eigenvalue weighted by Crippen LogP contribution is -2.31. The first-order valence-electron chi connectivity index (χ1n) is 7.32. The van der Waals surface area contributed by atoms with Gasteiger partial charge in [-0.15, -0.1) is 6.58 Å². The number of para-hydroxylation sites is 1. The Balaban J connectivity index is 2.06. The maximum Gasteiger partial charge on any atom is 0.264 e. The van der Waals surface area contributed by atoms with Crippen LogP contribution in [0, 0.1) is 0 Å². The predicted molar refractivity (Wildman–Crippen MR) is 96.3 cm³/mol. The molecule has 0 amide bonds.